The molecule has 1 aromatic heterocycles. The summed E-state index contributed by atoms with van der Waals surface area (Å²) >= 11 is 0. The molecule has 0 spiro atoms. The van der Waals surface area contributed by atoms with Crippen LogP contribution in [0, 0.1) is 5.92 Å². The molecule has 16 heavy (non-hydrogen) atoms. The van der Waals surface area contributed by atoms with Gasteiger partial charge in [-0.25, -0.2) is 0 Å². The molecular weight excluding hydrogens is 206 g/mol. The standard InChI is InChI=1S/C11H17N3O2/c12-9-5-10(14-6-9)11(15)13-3-4-16-7-8-1-2-8/h5-6,8,14H,1-4,7,12H2,(H,13,15). The number of carbonyl (C=O) groups excluding carboxylic acids is 1. The lowest BCUT2D eigenvalue weighted by Gasteiger charge is -2.04. The Morgan fingerprint density at radius 1 is 1.62 bits per heavy atom. The molecule has 1 amide bonds. The Bertz CT molecular complexity index is 358. The molecule has 1 fully saturated rings. The number of carbonyl (C=O) groups is 1. The Labute approximate surface area is 94.4 Å². The highest BCUT2D eigenvalue weighted by atomic mass is 16.5. The number of nitrogens with one attached hydrogen (secondary N) is 2. The van der Waals surface area contributed by atoms with Crippen LogP contribution in [-0.4, -0.2) is 30.6 Å². The van der Waals surface area contributed by atoms with Crippen LogP contribution in [0.4, 0.5) is 5.69 Å². The topological polar surface area (TPSA) is 80.1 Å². The average Bonchev–Trinajstić information content (AvgIpc) is 2.99. The fourth-order valence-corrected chi connectivity index (χ4v) is 1.41. The molecule has 0 aliphatic heterocycles. The molecule has 1 saturated carbocycles. The maximum atomic E-state index is 11.5. The van der Waals surface area contributed by atoms with Crippen LogP contribution in [0.1, 0.15) is 23.3 Å². The van der Waals surface area contributed by atoms with E-state index in [0.717, 1.165) is 12.5 Å². The predicted molar refractivity (Wildman–Crippen MR) is 61.1 cm³/mol. The van der Waals surface area contributed by atoms with Crippen molar-refractivity contribution in [2.75, 3.05) is 25.5 Å². The summed E-state index contributed by atoms with van der Waals surface area (Å²) in [4.78, 5) is 14.3. The molecule has 1 aliphatic rings. The number of nitrogen functional groups attached to an aromatic ring is 1. The molecule has 1 heterocycles. The molecule has 0 saturated heterocycles. The Morgan fingerprint density at radius 3 is 3.06 bits per heavy atom. The monoisotopic (exact) mass is 223 g/mol. The number of ether oxygens (including phenoxy) is 1. The van der Waals surface area contributed by atoms with E-state index < -0.39 is 0 Å². The van der Waals surface area contributed by atoms with Gasteiger partial charge in [0.25, 0.3) is 5.91 Å². The summed E-state index contributed by atoms with van der Waals surface area (Å²) in [7, 11) is 0. The van der Waals surface area contributed by atoms with E-state index >= 15 is 0 Å². The normalized spacial score (nSPS) is 15.0. The van der Waals surface area contributed by atoms with E-state index in [1.54, 1.807) is 12.3 Å². The lowest BCUT2D eigenvalue weighted by Crippen LogP contribution is -2.27. The lowest BCUT2D eigenvalue weighted by atomic mass is 10.4. The summed E-state index contributed by atoms with van der Waals surface area (Å²) < 4.78 is 5.40. The number of H-pyrrole nitrogens is 1. The molecule has 0 unspecified atom stereocenters. The first-order chi connectivity index (χ1) is 7.75. The molecule has 4 N–H and O–H groups in total. The number of nitrogens with two attached hydrogens (primary N) is 1. The van der Waals surface area contributed by atoms with Gasteiger partial charge in [-0.3, -0.25) is 4.79 Å². The second-order valence-electron chi connectivity index (χ2n) is 4.12. The van der Waals surface area contributed by atoms with E-state index in [1.165, 1.54) is 12.8 Å². The zero-order chi connectivity index (χ0) is 11.4. The van der Waals surface area contributed by atoms with Gasteiger partial charge in [0.05, 0.1) is 6.61 Å². The van der Waals surface area contributed by atoms with Crippen LogP contribution in [0.3, 0.4) is 0 Å². The number of aromatic amines is 1. The number of rotatable bonds is 6. The molecule has 88 valence electrons. The Morgan fingerprint density at radius 2 is 2.44 bits per heavy atom. The van der Waals surface area contributed by atoms with E-state index in [9.17, 15) is 4.79 Å². The molecule has 0 aromatic carbocycles. The predicted octanol–water partition coefficient (Wildman–Crippen LogP) is 0.753. The molecule has 5 nitrogen and oxygen atoms in total. The third-order valence-corrected chi connectivity index (χ3v) is 2.53. The fraction of sp³-hybridized carbons (Fsp3) is 0.545. The minimum Gasteiger partial charge on any atom is -0.397 e. The maximum Gasteiger partial charge on any atom is 0.267 e. The maximum absolute atomic E-state index is 11.5. The van der Waals surface area contributed by atoms with Gasteiger partial charge in [-0.2, -0.15) is 0 Å². The van der Waals surface area contributed by atoms with Gasteiger partial charge in [0.15, 0.2) is 0 Å². The van der Waals surface area contributed by atoms with Gasteiger partial charge in [-0.1, -0.05) is 0 Å². The number of hydrogen-bond donors (Lipinski definition) is 3. The van der Waals surface area contributed by atoms with Crippen molar-refractivity contribution in [2.45, 2.75) is 12.8 Å². The van der Waals surface area contributed by atoms with E-state index in [1.807, 2.05) is 0 Å². The second-order valence-corrected chi connectivity index (χ2v) is 4.12. The summed E-state index contributed by atoms with van der Waals surface area (Å²) in [5.41, 5.74) is 6.55. The van der Waals surface area contributed by atoms with Gasteiger partial charge in [0.1, 0.15) is 5.69 Å². The Balaban J connectivity index is 1.59. The molecule has 5 heteroatoms. The smallest absolute Gasteiger partial charge is 0.267 e. The minimum atomic E-state index is -0.147. The summed E-state index contributed by atoms with van der Waals surface area (Å²) in [5.74, 6) is 0.616. The van der Waals surface area contributed by atoms with Crippen molar-refractivity contribution in [3.8, 4) is 0 Å². The molecular formula is C11H17N3O2. The van der Waals surface area contributed by atoms with Crippen molar-refractivity contribution in [1.29, 1.82) is 0 Å². The molecule has 0 radical (unpaired) electrons. The van der Waals surface area contributed by atoms with Gasteiger partial charge in [0.2, 0.25) is 0 Å². The number of aromatic nitrogens is 1. The number of anilines is 1. The van der Waals surface area contributed by atoms with Crippen molar-refractivity contribution in [1.82, 2.24) is 10.3 Å². The highest BCUT2D eigenvalue weighted by Gasteiger charge is 2.20. The van der Waals surface area contributed by atoms with E-state index in [2.05, 4.69) is 10.3 Å². The van der Waals surface area contributed by atoms with Gasteiger partial charge in [-0.05, 0) is 24.8 Å². The lowest BCUT2D eigenvalue weighted by molar-refractivity contribution is 0.0902. The highest BCUT2D eigenvalue weighted by molar-refractivity contribution is 5.93. The van der Waals surface area contributed by atoms with E-state index in [0.29, 0.717) is 24.5 Å². The van der Waals surface area contributed by atoms with Crippen LogP contribution in [0.2, 0.25) is 0 Å². The summed E-state index contributed by atoms with van der Waals surface area (Å²) in [6, 6.07) is 1.61. The van der Waals surface area contributed by atoms with Crippen LogP contribution < -0.4 is 11.1 Å². The number of hydrogen-bond acceptors (Lipinski definition) is 3. The second kappa shape index (κ2) is 5.03. The van der Waals surface area contributed by atoms with Gasteiger partial charge >= 0.3 is 0 Å². The van der Waals surface area contributed by atoms with Crippen LogP contribution >= 0.6 is 0 Å². The van der Waals surface area contributed by atoms with E-state index in [-0.39, 0.29) is 5.91 Å². The van der Waals surface area contributed by atoms with Crippen LogP contribution in [0.25, 0.3) is 0 Å². The molecule has 0 atom stereocenters. The summed E-state index contributed by atoms with van der Waals surface area (Å²) in [6.07, 6.45) is 4.17. The third kappa shape index (κ3) is 3.27. The minimum absolute atomic E-state index is 0.147. The first-order valence-electron chi connectivity index (χ1n) is 5.55. The molecule has 0 bridgehead atoms. The zero-order valence-corrected chi connectivity index (χ0v) is 9.16. The summed E-state index contributed by atoms with van der Waals surface area (Å²) in [5, 5.41) is 2.76. The Hall–Kier alpha value is -1.49. The van der Waals surface area contributed by atoms with Crippen molar-refractivity contribution < 1.29 is 9.53 Å². The van der Waals surface area contributed by atoms with Gasteiger partial charge < -0.3 is 20.8 Å². The first-order valence-corrected chi connectivity index (χ1v) is 5.55. The fourth-order valence-electron chi connectivity index (χ4n) is 1.41. The van der Waals surface area contributed by atoms with Crippen LogP contribution in [0.15, 0.2) is 12.3 Å². The van der Waals surface area contributed by atoms with Crippen LogP contribution in [-0.2, 0) is 4.74 Å². The summed E-state index contributed by atoms with van der Waals surface area (Å²) in [6.45, 7) is 1.92. The third-order valence-electron chi connectivity index (χ3n) is 2.53. The Kier molecular flexibility index (Phi) is 3.46. The first kappa shape index (κ1) is 11.0. The molecule has 2 rings (SSSR count). The number of amides is 1. The largest absolute Gasteiger partial charge is 0.397 e. The highest BCUT2D eigenvalue weighted by Crippen LogP contribution is 2.28. The molecule has 1 aromatic rings. The van der Waals surface area contributed by atoms with Gasteiger partial charge in [0, 0.05) is 25.0 Å². The van der Waals surface area contributed by atoms with Crippen molar-refractivity contribution >= 4 is 11.6 Å². The zero-order valence-electron chi connectivity index (χ0n) is 9.16. The van der Waals surface area contributed by atoms with Crippen molar-refractivity contribution in [2.24, 2.45) is 5.92 Å². The SMILES string of the molecule is Nc1c[nH]c(C(=O)NCCOCC2CC2)c1. The quantitative estimate of drug-likeness (QED) is 0.623. The van der Waals surface area contributed by atoms with Crippen molar-refractivity contribution in [3.63, 3.8) is 0 Å². The average molecular weight is 223 g/mol. The van der Waals surface area contributed by atoms with Crippen LogP contribution in [0.5, 0.6) is 0 Å². The van der Waals surface area contributed by atoms with E-state index in [4.69, 9.17) is 10.5 Å². The van der Waals surface area contributed by atoms with Gasteiger partial charge in [-0.15, -0.1) is 0 Å². The molecule has 1 aliphatic carbocycles. The van der Waals surface area contributed by atoms with Crippen molar-refractivity contribution in [3.05, 3.63) is 18.0 Å².